The molecule has 4 aliphatic heterocycles. The van der Waals surface area contributed by atoms with E-state index in [1.54, 1.807) is 58.0 Å². The van der Waals surface area contributed by atoms with Crippen molar-refractivity contribution >= 4 is 141 Å². The molecule has 0 radical (unpaired) electrons. The van der Waals surface area contributed by atoms with Crippen molar-refractivity contribution in [3.05, 3.63) is 126 Å². The summed E-state index contributed by atoms with van der Waals surface area (Å²) in [6, 6.07) is 31.9. The van der Waals surface area contributed by atoms with Gasteiger partial charge < -0.3 is 76.9 Å². The Bertz CT molecular complexity index is 3700. The minimum absolute atomic E-state index is 0.00575. The molecule has 11 rings (SSSR count). The van der Waals surface area contributed by atoms with Gasteiger partial charge in [-0.2, -0.15) is 0 Å². The molecule has 23 nitrogen and oxygen atoms in total. The van der Waals surface area contributed by atoms with Gasteiger partial charge in [0, 0.05) is 52.4 Å². The summed E-state index contributed by atoms with van der Waals surface area (Å²) in [5.74, 6) is -8.19. The lowest BCUT2D eigenvalue weighted by atomic mass is 9.75. The number of aliphatic hydroxyl groups is 1. The first kappa shape index (κ1) is 79.1. The number of methoxy groups -OCH3 is 1. The highest BCUT2D eigenvalue weighted by molar-refractivity contribution is 14.1. The maximum atomic E-state index is 16.2. The monoisotopic (exact) mass is 1730 g/mol. The van der Waals surface area contributed by atoms with Crippen LogP contribution in [0.4, 0.5) is 0 Å². The highest BCUT2D eigenvalue weighted by atomic mass is 127. The van der Waals surface area contributed by atoms with E-state index in [2.05, 4.69) is 31.9 Å². The SMILES string of the molecule is CO[C@H](C(=O)[C@H]1OC2(CCCC2)O[C@@H]1C)C1Cc2cc3cc(O)cc(OCOCc4ccccc4)c3c(O)c2C(=O)[C@H]1O[C@@H]1O[C@H](CBr)[C@@H](OC(=O)CCl)[C@H](OO[C@@H]2O[C@H](CBr)[C@@H](OC(=O)CCl)[C@H](O[C@@H]3O[C@@H](C)[C@H](OC(=O)C(C)C)[C@@](C)(O)[C@H]3I)[C@H]2Sc2ccccc2)[C@H]1Sc1ccccc1. The van der Waals surface area contributed by atoms with Crippen LogP contribution in [0.25, 0.3) is 10.8 Å². The number of aromatic hydroxyl groups is 2. The molecule has 4 saturated heterocycles. The van der Waals surface area contributed by atoms with E-state index >= 15 is 9.59 Å². The lowest BCUT2D eigenvalue weighted by molar-refractivity contribution is -0.438. The Morgan fingerprint density at radius 2 is 1.31 bits per heavy atom. The third-order valence-corrected chi connectivity index (χ3v) is 24.9. The van der Waals surface area contributed by atoms with E-state index in [0.717, 1.165) is 30.2 Å². The standard InChI is InChI=1S/C72H81Br2Cl2IO23S2/c1-36(2)67(84)96-66-38(4)89-70(65(77)71(66,5)85)95-61-59(92-49(79)32-75)47(30-73)91-69(63(61)101-43-20-12-8-13-21-43)100-99-62-60(93-50(80)33-76)48(31-74)90-68(64(62)102-44-22-14-9-15-23-44)94-58-45(57(86-6)55(83)56-37(3)97-72(98-56)24-16-17-25-72)28-41-26-40-27-42(78)29-46(51(40)53(81)52(41)54(58)82)88-35-87-34-39-18-10-7-11-19-39/h7-15,18-23,26-27,29,36-38,45,47-48,56-66,68-70,78,81,85H,16-17,24-25,28,30-35H2,1-6H3/t37-,38+,45?,47-,48-,56+,57+,58+,59-,60-,61+,62+,63-,64-,65+,66+,68+,69+,70+,71+/m1/s1. The highest BCUT2D eigenvalue weighted by Crippen LogP contribution is 2.50. The Morgan fingerprint density at radius 3 is 1.90 bits per heavy atom. The van der Waals surface area contributed by atoms with Crippen LogP contribution in [0.5, 0.6) is 17.2 Å². The van der Waals surface area contributed by atoms with Crippen LogP contribution in [-0.4, -0.2) is 199 Å². The molecule has 102 heavy (non-hydrogen) atoms. The van der Waals surface area contributed by atoms with E-state index in [1.165, 1.54) is 37.9 Å². The van der Waals surface area contributed by atoms with Crippen molar-refractivity contribution in [3.8, 4) is 17.2 Å². The predicted octanol–water partition coefficient (Wildman–Crippen LogP) is 11.6. The number of phenols is 2. The van der Waals surface area contributed by atoms with Crippen molar-refractivity contribution in [1.29, 1.82) is 0 Å². The second kappa shape index (κ2) is 35.4. The largest absolute Gasteiger partial charge is 0.508 e. The molecule has 0 aromatic heterocycles. The molecule has 0 amide bonds. The topological polar surface area (TPSA) is 284 Å². The average Bonchev–Trinajstić information content (AvgIpc) is 0.957. The van der Waals surface area contributed by atoms with Gasteiger partial charge >= 0.3 is 17.9 Å². The van der Waals surface area contributed by atoms with Gasteiger partial charge in [-0.05, 0) is 92.9 Å². The number of fused-ring (bicyclic) bond motifs is 2. The number of esters is 3. The van der Waals surface area contributed by atoms with Crippen LogP contribution in [0.1, 0.15) is 81.8 Å². The van der Waals surface area contributed by atoms with Crippen molar-refractivity contribution in [2.24, 2.45) is 11.8 Å². The molecule has 30 heteroatoms. The summed E-state index contributed by atoms with van der Waals surface area (Å²) in [6.45, 7) is 8.13. The number of hydrogen-bond acceptors (Lipinski definition) is 25. The number of Topliss-reactive ketones (excluding diaryl/α,β-unsaturated/α-hetero) is 2. The molecule has 4 heterocycles. The number of alkyl halides is 5. The fraction of sp³-hybridized carbons (Fsp3) is 0.542. The third-order valence-electron chi connectivity index (χ3n) is 18.7. The van der Waals surface area contributed by atoms with E-state index in [9.17, 15) is 29.7 Å². The van der Waals surface area contributed by atoms with Gasteiger partial charge in [-0.25, -0.2) is 9.78 Å². The Labute approximate surface area is 639 Å². The molecule has 20 atom stereocenters. The summed E-state index contributed by atoms with van der Waals surface area (Å²) >= 11 is 23.9. The van der Waals surface area contributed by atoms with Crippen molar-refractivity contribution < 1.29 is 111 Å². The van der Waals surface area contributed by atoms with E-state index in [1.807, 2.05) is 89.3 Å². The lowest BCUT2D eigenvalue weighted by Gasteiger charge is -2.51. The fourth-order valence-corrected chi connectivity index (χ4v) is 18.1. The summed E-state index contributed by atoms with van der Waals surface area (Å²) in [4.78, 5) is 86.8. The number of thioether (sulfide) groups is 2. The van der Waals surface area contributed by atoms with Crippen LogP contribution in [-0.2, 0) is 98.8 Å². The molecular weight excluding hydrogens is 1650 g/mol. The molecule has 1 unspecified atom stereocenters. The minimum Gasteiger partial charge on any atom is -0.508 e. The van der Waals surface area contributed by atoms with E-state index in [-0.39, 0.29) is 58.5 Å². The number of halogens is 5. The summed E-state index contributed by atoms with van der Waals surface area (Å²) < 4.78 is 83.1. The summed E-state index contributed by atoms with van der Waals surface area (Å²) in [5.41, 5.74) is -0.787. The van der Waals surface area contributed by atoms with Gasteiger partial charge in [0.15, 0.2) is 55.0 Å². The highest BCUT2D eigenvalue weighted by Gasteiger charge is 2.60. The summed E-state index contributed by atoms with van der Waals surface area (Å²) in [7, 11) is 1.35. The number of carbonyl (C=O) groups excluding carboxylic acids is 5. The van der Waals surface area contributed by atoms with Gasteiger partial charge in [0.1, 0.15) is 77.3 Å². The number of rotatable bonds is 28. The van der Waals surface area contributed by atoms with Crippen LogP contribution in [0.3, 0.4) is 0 Å². The summed E-state index contributed by atoms with van der Waals surface area (Å²) in [5, 5.41) is 34.1. The molecule has 5 fully saturated rings. The van der Waals surface area contributed by atoms with Crippen molar-refractivity contribution in [3.63, 3.8) is 0 Å². The second-order valence-electron chi connectivity index (χ2n) is 26.2. The average molecular weight is 1740 g/mol. The third kappa shape index (κ3) is 17.7. The first-order valence-corrected chi connectivity index (χ1v) is 39.8. The molecule has 6 aliphatic rings. The van der Waals surface area contributed by atoms with Gasteiger partial charge in [0.2, 0.25) is 6.29 Å². The molecule has 1 spiro atoms. The normalized spacial score (nSPS) is 31.7. The molecular formula is C72H81Br2Cl2IO23S2. The Kier molecular flexibility index (Phi) is 27.4. The zero-order valence-electron chi connectivity index (χ0n) is 56.4. The zero-order valence-corrected chi connectivity index (χ0v) is 64.9. The maximum absolute atomic E-state index is 16.2. The number of ketones is 2. The smallest absolute Gasteiger partial charge is 0.321 e. The second-order valence-corrected chi connectivity index (χ2v) is 31.9. The Morgan fingerprint density at radius 1 is 0.725 bits per heavy atom. The molecule has 3 N–H and O–H groups in total. The van der Waals surface area contributed by atoms with Crippen LogP contribution >= 0.6 is 101 Å². The molecule has 0 bridgehead atoms. The Hall–Kier alpha value is -4.00. The van der Waals surface area contributed by atoms with Crippen LogP contribution in [0.15, 0.2) is 119 Å². The number of benzene rings is 5. The minimum atomic E-state index is -1.76. The molecule has 1 saturated carbocycles. The molecule has 554 valence electrons. The van der Waals surface area contributed by atoms with Crippen molar-refractivity contribution in [2.75, 3.05) is 36.3 Å². The summed E-state index contributed by atoms with van der Waals surface area (Å²) in [6.07, 6.45) is -16.6. The first-order valence-electron chi connectivity index (χ1n) is 33.5. The Balaban J connectivity index is 0.995. The van der Waals surface area contributed by atoms with E-state index in [0.29, 0.717) is 28.0 Å². The van der Waals surface area contributed by atoms with Gasteiger partial charge in [-0.3, -0.25) is 24.0 Å². The van der Waals surface area contributed by atoms with Crippen molar-refractivity contribution in [2.45, 2.75) is 201 Å². The lowest BCUT2D eigenvalue weighted by Crippen LogP contribution is -2.67. The number of hydrogen-bond donors (Lipinski definition) is 3. The van der Waals surface area contributed by atoms with Crippen LogP contribution < -0.4 is 4.74 Å². The quantitative estimate of drug-likeness (QED) is 0.00613. The predicted molar refractivity (Wildman–Crippen MR) is 389 cm³/mol. The van der Waals surface area contributed by atoms with Gasteiger partial charge in [0.25, 0.3) is 0 Å². The van der Waals surface area contributed by atoms with E-state index < -0.39 is 177 Å². The van der Waals surface area contributed by atoms with Crippen LogP contribution in [0, 0.1) is 11.8 Å². The van der Waals surface area contributed by atoms with Gasteiger partial charge in [0.05, 0.1) is 50.1 Å². The van der Waals surface area contributed by atoms with Gasteiger partial charge in [-0.15, -0.1) is 46.7 Å². The maximum Gasteiger partial charge on any atom is 0.321 e. The molecule has 5 aromatic carbocycles. The van der Waals surface area contributed by atoms with E-state index in [4.69, 9.17) is 94.6 Å². The number of carbonyl (C=O) groups is 5. The first-order chi connectivity index (χ1) is 49.0. The van der Waals surface area contributed by atoms with Gasteiger partial charge in [-0.1, -0.05) is 135 Å². The van der Waals surface area contributed by atoms with Crippen molar-refractivity contribution in [1.82, 2.24) is 0 Å². The fourth-order valence-electron chi connectivity index (χ4n) is 13.8. The number of ether oxygens (including phenoxy) is 13. The van der Waals surface area contributed by atoms with Crippen LogP contribution in [0.2, 0.25) is 0 Å². The zero-order chi connectivity index (χ0) is 72.7. The molecule has 2 aliphatic carbocycles. The molecule has 5 aromatic rings. The number of phenolic OH excluding ortho intramolecular Hbond substituents is 2.